The average Bonchev–Trinajstić information content (AvgIpc) is 2.86. The van der Waals surface area contributed by atoms with Crippen LogP contribution in [0.1, 0.15) is 11.4 Å². The van der Waals surface area contributed by atoms with Crippen LogP contribution in [0.2, 0.25) is 0 Å². The molecule has 0 aliphatic carbocycles. The summed E-state index contributed by atoms with van der Waals surface area (Å²) in [5, 5.41) is 10.8. The van der Waals surface area contributed by atoms with Crippen LogP contribution in [0, 0.1) is 0 Å². The van der Waals surface area contributed by atoms with Crippen molar-refractivity contribution < 1.29 is 13.2 Å². The van der Waals surface area contributed by atoms with E-state index >= 15 is 0 Å². The fourth-order valence-corrected chi connectivity index (χ4v) is 1.78. The molecule has 0 spiro atoms. The average molecular weight is 263 g/mol. The summed E-state index contributed by atoms with van der Waals surface area (Å²) in [7, 11) is 1.70. The monoisotopic (exact) mass is 263 g/mol. The topological polar surface area (TPSA) is 55.6 Å². The predicted octanol–water partition coefficient (Wildman–Crippen LogP) is 1.84. The summed E-state index contributed by atoms with van der Waals surface area (Å²) in [4.78, 5) is 0. The molecule has 0 saturated carbocycles. The molecule has 0 aliphatic rings. The van der Waals surface area contributed by atoms with Gasteiger partial charge in [0.05, 0.1) is 6.54 Å². The van der Waals surface area contributed by atoms with Crippen LogP contribution in [0.5, 0.6) is 0 Å². The molecule has 2 rings (SSSR count). The van der Waals surface area contributed by atoms with Gasteiger partial charge in [-0.3, -0.25) is 4.68 Å². The Labute approximate surface area is 98.4 Å². The van der Waals surface area contributed by atoms with Gasteiger partial charge in [0.2, 0.25) is 0 Å². The number of nitrogens with zero attached hydrogens (tertiary/aromatic N) is 4. The van der Waals surface area contributed by atoms with E-state index in [4.69, 9.17) is 0 Å². The Bertz CT molecular complexity index is 503. The smallest absolute Gasteiger partial charge is 0.377 e. The molecule has 5 nitrogen and oxygen atoms in total. The molecule has 0 saturated heterocycles. The summed E-state index contributed by atoms with van der Waals surface area (Å²) in [6, 6.07) is 0.929. The van der Waals surface area contributed by atoms with Crippen LogP contribution in [0.25, 0.3) is 0 Å². The van der Waals surface area contributed by atoms with E-state index in [0.29, 0.717) is 10.7 Å². The van der Waals surface area contributed by atoms with Crippen molar-refractivity contribution in [2.45, 2.75) is 12.7 Å². The van der Waals surface area contributed by atoms with Gasteiger partial charge in [0.1, 0.15) is 10.7 Å². The van der Waals surface area contributed by atoms with Gasteiger partial charge in [0, 0.05) is 24.8 Å². The molecule has 0 aromatic carbocycles. The Hall–Kier alpha value is -1.64. The molecule has 2 aromatic rings. The molecule has 0 unspecified atom stereocenters. The predicted molar refractivity (Wildman–Crippen MR) is 55.8 cm³/mol. The molecule has 0 fully saturated rings. The van der Waals surface area contributed by atoms with Crippen molar-refractivity contribution in [2.75, 3.05) is 12.4 Å². The minimum atomic E-state index is -4.42. The molecular formula is C8H8F3N5S. The highest BCUT2D eigenvalue weighted by atomic mass is 32.1. The second kappa shape index (κ2) is 4.32. The molecule has 0 radical (unpaired) electrons. The molecule has 0 bridgehead atoms. The summed E-state index contributed by atoms with van der Waals surface area (Å²) in [6.45, 7) is 0.156. The molecule has 9 heteroatoms. The SMILES string of the molecule is CNc1snnc1Cn1ccc(C(F)(F)F)n1. The first-order valence-corrected chi connectivity index (χ1v) is 5.37. The number of alkyl halides is 3. The van der Waals surface area contributed by atoms with Crippen molar-refractivity contribution in [2.24, 2.45) is 0 Å². The molecule has 92 valence electrons. The number of hydrogen-bond donors (Lipinski definition) is 1. The van der Waals surface area contributed by atoms with Crippen LogP contribution >= 0.6 is 11.5 Å². The number of rotatable bonds is 3. The molecule has 2 heterocycles. The van der Waals surface area contributed by atoms with E-state index in [1.165, 1.54) is 10.9 Å². The number of halogens is 3. The Morgan fingerprint density at radius 3 is 2.82 bits per heavy atom. The molecule has 0 aliphatic heterocycles. The Balaban J connectivity index is 2.17. The van der Waals surface area contributed by atoms with E-state index in [9.17, 15) is 13.2 Å². The van der Waals surface area contributed by atoms with Gasteiger partial charge in [-0.1, -0.05) is 4.49 Å². The van der Waals surface area contributed by atoms with Gasteiger partial charge >= 0.3 is 6.18 Å². The summed E-state index contributed by atoms with van der Waals surface area (Å²) < 4.78 is 41.8. The third kappa shape index (κ3) is 2.54. The van der Waals surface area contributed by atoms with Gasteiger partial charge in [-0.25, -0.2) is 0 Å². The van der Waals surface area contributed by atoms with Gasteiger partial charge in [0.25, 0.3) is 0 Å². The van der Waals surface area contributed by atoms with Crippen molar-refractivity contribution in [1.29, 1.82) is 0 Å². The zero-order valence-corrected chi connectivity index (χ0v) is 9.51. The highest BCUT2D eigenvalue weighted by Crippen LogP contribution is 2.27. The van der Waals surface area contributed by atoms with Crippen LogP contribution < -0.4 is 5.32 Å². The number of nitrogens with one attached hydrogen (secondary N) is 1. The maximum absolute atomic E-state index is 12.3. The summed E-state index contributed by atoms with van der Waals surface area (Å²) in [5.74, 6) is 0. The second-order valence-electron chi connectivity index (χ2n) is 3.20. The third-order valence-electron chi connectivity index (χ3n) is 2.03. The molecule has 2 aromatic heterocycles. The molecule has 1 N–H and O–H groups in total. The lowest BCUT2D eigenvalue weighted by molar-refractivity contribution is -0.141. The molecule has 17 heavy (non-hydrogen) atoms. The van der Waals surface area contributed by atoms with Crippen molar-refractivity contribution in [1.82, 2.24) is 19.4 Å². The maximum Gasteiger partial charge on any atom is 0.435 e. The standard InChI is InChI=1S/C8H8F3N5S/c1-12-7-5(13-15-17-7)4-16-3-2-6(14-16)8(9,10)11/h2-3,12H,4H2,1H3. The first-order chi connectivity index (χ1) is 8.00. The summed E-state index contributed by atoms with van der Waals surface area (Å²) >= 11 is 1.15. The molecule has 0 amide bonds. The third-order valence-corrected chi connectivity index (χ3v) is 2.81. The van der Waals surface area contributed by atoms with Crippen molar-refractivity contribution in [3.05, 3.63) is 23.7 Å². The lowest BCUT2D eigenvalue weighted by Crippen LogP contribution is -2.09. The van der Waals surface area contributed by atoms with E-state index in [1.54, 1.807) is 7.05 Å². The van der Waals surface area contributed by atoms with Crippen LogP contribution in [0.15, 0.2) is 12.3 Å². The van der Waals surface area contributed by atoms with Gasteiger partial charge in [-0.05, 0) is 6.07 Å². The number of aromatic nitrogens is 4. The number of hydrogen-bond acceptors (Lipinski definition) is 5. The van der Waals surface area contributed by atoms with Gasteiger partial charge in [0.15, 0.2) is 5.69 Å². The summed E-state index contributed by atoms with van der Waals surface area (Å²) in [6.07, 6.45) is -3.15. The lowest BCUT2D eigenvalue weighted by atomic mass is 10.4. The molecule has 0 atom stereocenters. The van der Waals surface area contributed by atoms with E-state index in [0.717, 1.165) is 17.6 Å². The van der Waals surface area contributed by atoms with Gasteiger partial charge in [-0.15, -0.1) is 5.10 Å². The quantitative estimate of drug-likeness (QED) is 0.918. The molecular weight excluding hydrogens is 255 g/mol. The Morgan fingerprint density at radius 2 is 2.24 bits per heavy atom. The zero-order valence-electron chi connectivity index (χ0n) is 8.69. The van der Waals surface area contributed by atoms with Crippen LogP contribution in [0.3, 0.4) is 0 Å². The zero-order chi connectivity index (χ0) is 12.5. The van der Waals surface area contributed by atoms with Crippen molar-refractivity contribution in [3.8, 4) is 0 Å². The van der Waals surface area contributed by atoms with Crippen molar-refractivity contribution in [3.63, 3.8) is 0 Å². The second-order valence-corrected chi connectivity index (χ2v) is 3.95. The normalized spacial score (nSPS) is 11.8. The van der Waals surface area contributed by atoms with Crippen LogP contribution in [0.4, 0.5) is 18.2 Å². The number of anilines is 1. The van der Waals surface area contributed by atoms with E-state index in [-0.39, 0.29) is 6.54 Å². The van der Waals surface area contributed by atoms with Crippen LogP contribution in [-0.2, 0) is 12.7 Å². The Kier molecular flexibility index (Phi) is 3.01. The van der Waals surface area contributed by atoms with E-state index < -0.39 is 11.9 Å². The van der Waals surface area contributed by atoms with E-state index in [1.807, 2.05) is 0 Å². The van der Waals surface area contributed by atoms with Crippen LogP contribution in [-0.4, -0.2) is 26.4 Å². The minimum absolute atomic E-state index is 0.156. The fraction of sp³-hybridized carbons (Fsp3) is 0.375. The van der Waals surface area contributed by atoms with Gasteiger partial charge in [-0.2, -0.15) is 18.3 Å². The highest BCUT2D eigenvalue weighted by molar-refractivity contribution is 7.10. The first kappa shape index (κ1) is 11.8. The van der Waals surface area contributed by atoms with E-state index in [2.05, 4.69) is 20.0 Å². The highest BCUT2D eigenvalue weighted by Gasteiger charge is 2.33. The summed E-state index contributed by atoms with van der Waals surface area (Å²) in [5.41, 5.74) is -0.346. The largest absolute Gasteiger partial charge is 0.435 e. The first-order valence-electron chi connectivity index (χ1n) is 4.60. The lowest BCUT2D eigenvalue weighted by Gasteiger charge is -2.02. The maximum atomic E-state index is 12.3. The van der Waals surface area contributed by atoms with Crippen molar-refractivity contribution >= 4 is 16.5 Å². The Morgan fingerprint density at radius 1 is 1.47 bits per heavy atom. The van der Waals surface area contributed by atoms with Gasteiger partial charge < -0.3 is 5.32 Å². The fourth-order valence-electron chi connectivity index (χ4n) is 1.26. The minimum Gasteiger partial charge on any atom is -0.377 e.